The van der Waals surface area contributed by atoms with Crippen LogP contribution in [0.5, 0.6) is 11.5 Å². The number of unbranched alkanes of at least 4 members (excludes halogenated alkanes) is 3. The third-order valence-corrected chi connectivity index (χ3v) is 5.65. The maximum absolute atomic E-state index is 13.1. The molecule has 6 heteroatoms. The lowest BCUT2D eigenvalue weighted by Crippen LogP contribution is -2.40. The van der Waals surface area contributed by atoms with Crippen molar-refractivity contribution in [1.82, 2.24) is 4.90 Å². The Hall–Kier alpha value is -2.24. The number of rotatable bonds is 9. The van der Waals surface area contributed by atoms with Crippen molar-refractivity contribution < 1.29 is 14.3 Å². The first-order valence-corrected chi connectivity index (χ1v) is 10.5. The van der Waals surface area contributed by atoms with Gasteiger partial charge in [-0.15, -0.1) is 12.4 Å². The molecule has 1 aliphatic heterocycles. The second kappa shape index (κ2) is 11.8. The van der Waals surface area contributed by atoms with Gasteiger partial charge in [0, 0.05) is 13.0 Å². The van der Waals surface area contributed by atoms with Gasteiger partial charge in [0.15, 0.2) is 11.5 Å². The van der Waals surface area contributed by atoms with E-state index in [4.69, 9.17) is 15.2 Å². The van der Waals surface area contributed by atoms with Crippen LogP contribution in [-0.2, 0) is 11.2 Å². The Balaban J connectivity index is 0.00000320. The van der Waals surface area contributed by atoms with Gasteiger partial charge in [-0.05, 0) is 54.6 Å². The molecule has 2 aromatic carbocycles. The average Bonchev–Trinajstić information content (AvgIpc) is 2.77. The smallest absolute Gasteiger partial charge is 0.223 e. The number of fused-ring (bicyclic) bond motifs is 1. The van der Waals surface area contributed by atoms with Crippen molar-refractivity contribution in [2.24, 2.45) is 5.73 Å². The second-order valence-corrected chi connectivity index (χ2v) is 7.51. The van der Waals surface area contributed by atoms with Gasteiger partial charge in [0.2, 0.25) is 5.91 Å². The SMILES string of the molecule is COc1cc2c(cc1OC)C(c1ccccc1)N(C(=O)CCCCCCN)CC2.Cl. The molecule has 0 saturated carbocycles. The van der Waals surface area contributed by atoms with E-state index in [0.29, 0.717) is 18.7 Å². The number of carbonyl (C=O) groups excluding carboxylic acids is 1. The quantitative estimate of drug-likeness (QED) is 0.592. The van der Waals surface area contributed by atoms with Crippen LogP contribution in [0.1, 0.15) is 54.8 Å². The van der Waals surface area contributed by atoms with Gasteiger partial charge in [-0.3, -0.25) is 4.79 Å². The number of halogens is 1. The lowest BCUT2D eigenvalue weighted by molar-refractivity contribution is -0.133. The molecule has 164 valence electrons. The Labute approximate surface area is 186 Å². The fourth-order valence-electron chi connectivity index (χ4n) is 4.13. The standard InChI is InChI=1S/C24H32N2O3.ClH/c1-28-21-16-19-13-15-26(23(27)12-8-3-4-9-14-25)24(18-10-6-5-7-11-18)20(19)17-22(21)29-2;/h5-7,10-11,16-17,24H,3-4,8-9,12-15,25H2,1-2H3;1H. The summed E-state index contributed by atoms with van der Waals surface area (Å²) in [7, 11) is 3.30. The van der Waals surface area contributed by atoms with Crippen molar-refractivity contribution in [1.29, 1.82) is 0 Å². The summed E-state index contributed by atoms with van der Waals surface area (Å²) in [4.78, 5) is 15.2. The molecule has 0 spiro atoms. The van der Waals surface area contributed by atoms with E-state index >= 15 is 0 Å². The molecule has 1 amide bonds. The number of methoxy groups -OCH3 is 2. The van der Waals surface area contributed by atoms with Crippen LogP contribution in [0.25, 0.3) is 0 Å². The molecular weight excluding hydrogens is 400 g/mol. The maximum atomic E-state index is 13.1. The van der Waals surface area contributed by atoms with Gasteiger partial charge >= 0.3 is 0 Å². The minimum atomic E-state index is -0.101. The van der Waals surface area contributed by atoms with Crippen LogP contribution < -0.4 is 15.2 Å². The summed E-state index contributed by atoms with van der Waals surface area (Å²) in [5, 5.41) is 0. The Bertz CT molecular complexity index is 814. The molecule has 1 atom stereocenters. The van der Waals surface area contributed by atoms with Gasteiger partial charge in [-0.2, -0.15) is 0 Å². The summed E-state index contributed by atoms with van der Waals surface area (Å²) in [6.45, 7) is 1.43. The molecule has 3 rings (SSSR count). The van der Waals surface area contributed by atoms with Crippen molar-refractivity contribution >= 4 is 18.3 Å². The van der Waals surface area contributed by atoms with E-state index in [-0.39, 0.29) is 24.4 Å². The Morgan fingerprint density at radius 2 is 1.70 bits per heavy atom. The topological polar surface area (TPSA) is 64.8 Å². The number of amides is 1. The van der Waals surface area contributed by atoms with Crippen LogP contribution in [-0.4, -0.2) is 38.1 Å². The summed E-state index contributed by atoms with van der Waals surface area (Å²) in [5.41, 5.74) is 9.02. The fraction of sp³-hybridized carbons (Fsp3) is 0.458. The van der Waals surface area contributed by atoms with Crippen LogP contribution in [0.15, 0.2) is 42.5 Å². The molecule has 0 bridgehead atoms. The molecule has 2 N–H and O–H groups in total. The molecule has 0 saturated heterocycles. The van der Waals surface area contributed by atoms with Crippen LogP contribution in [0, 0.1) is 0 Å². The van der Waals surface area contributed by atoms with Crippen molar-refractivity contribution in [3.8, 4) is 11.5 Å². The molecule has 5 nitrogen and oxygen atoms in total. The highest BCUT2D eigenvalue weighted by molar-refractivity contribution is 5.85. The van der Waals surface area contributed by atoms with Crippen molar-refractivity contribution in [2.45, 2.75) is 44.6 Å². The summed E-state index contributed by atoms with van der Waals surface area (Å²) in [6, 6.07) is 14.2. The molecule has 1 unspecified atom stereocenters. The van der Waals surface area contributed by atoms with Crippen molar-refractivity contribution in [3.05, 3.63) is 59.2 Å². The minimum Gasteiger partial charge on any atom is -0.493 e. The summed E-state index contributed by atoms with van der Waals surface area (Å²) in [6.07, 6.45) is 5.48. The van der Waals surface area contributed by atoms with Gasteiger partial charge in [0.25, 0.3) is 0 Å². The lowest BCUT2D eigenvalue weighted by Gasteiger charge is -2.38. The molecule has 30 heavy (non-hydrogen) atoms. The minimum absolute atomic E-state index is 0. The van der Waals surface area contributed by atoms with Gasteiger partial charge in [0.05, 0.1) is 20.3 Å². The summed E-state index contributed by atoms with van der Waals surface area (Å²) >= 11 is 0. The third kappa shape index (κ3) is 5.46. The number of hydrogen-bond donors (Lipinski definition) is 1. The number of nitrogens with zero attached hydrogens (tertiary/aromatic N) is 1. The van der Waals surface area contributed by atoms with Crippen LogP contribution in [0.4, 0.5) is 0 Å². The molecular formula is C24H33ClN2O3. The van der Waals surface area contributed by atoms with E-state index < -0.39 is 0 Å². The molecule has 1 aliphatic rings. The Kier molecular flexibility index (Phi) is 9.47. The van der Waals surface area contributed by atoms with E-state index in [1.807, 2.05) is 29.2 Å². The summed E-state index contributed by atoms with van der Waals surface area (Å²) < 4.78 is 11.0. The summed E-state index contributed by atoms with van der Waals surface area (Å²) in [5.74, 6) is 1.65. The van der Waals surface area contributed by atoms with Gasteiger partial charge in [-0.1, -0.05) is 43.2 Å². The van der Waals surface area contributed by atoms with Crippen LogP contribution in [0.3, 0.4) is 0 Å². The first-order valence-electron chi connectivity index (χ1n) is 10.5. The van der Waals surface area contributed by atoms with Gasteiger partial charge in [0.1, 0.15) is 0 Å². The zero-order valence-corrected chi connectivity index (χ0v) is 18.7. The van der Waals surface area contributed by atoms with Crippen LogP contribution in [0.2, 0.25) is 0 Å². The van der Waals surface area contributed by atoms with Gasteiger partial charge < -0.3 is 20.1 Å². The molecule has 1 heterocycles. The van der Waals surface area contributed by atoms with E-state index in [2.05, 4.69) is 18.2 Å². The van der Waals surface area contributed by atoms with E-state index in [1.165, 1.54) is 5.56 Å². The predicted molar refractivity (Wildman–Crippen MR) is 123 cm³/mol. The molecule has 0 aromatic heterocycles. The normalized spacial score (nSPS) is 15.2. The Morgan fingerprint density at radius 3 is 2.37 bits per heavy atom. The number of nitrogens with two attached hydrogens (primary N) is 1. The van der Waals surface area contributed by atoms with Gasteiger partial charge in [-0.25, -0.2) is 0 Å². The van der Waals surface area contributed by atoms with E-state index in [0.717, 1.165) is 55.5 Å². The first-order chi connectivity index (χ1) is 14.2. The maximum Gasteiger partial charge on any atom is 0.223 e. The highest BCUT2D eigenvalue weighted by Crippen LogP contribution is 2.41. The number of hydrogen-bond acceptors (Lipinski definition) is 4. The number of benzene rings is 2. The van der Waals surface area contributed by atoms with Crippen molar-refractivity contribution in [3.63, 3.8) is 0 Å². The monoisotopic (exact) mass is 432 g/mol. The van der Waals surface area contributed by atoms with E-state index in [1.54, 1.807) is 14.2 Å². The highest BCUT2D eigenvalue weighted by atomic mass is 35.5. The second-order valence-electron chi connectivity index (χ2n) is 7.51. The molecule has 0 radical (unpaired) electrons. The molecule has 0 fully saturated rings. The number of ether oxygens (including phenoxy) is 2. The zero-order valence-electron chi connectivity index (χ0n) is 17.9. The van der Waals surface area contributed by atoms with Crippen LogP contribution >= 0.6 is 12.4 Å². The zero-order chi connectivity index (χ0) is 20.6. The highest BCUT2D eigenvalue weighted by Gasteiger charge is 2.32. The van der Waals surface area contributed by atoms with Crippen molar-refractivity contribution in [2.75, 3.05) is 27.3 Å². The third-order valence-electron chi connectivity index (χ3n) is 5.65. The van der Waals surface area contributed by atoms with E-state index in [9.17, 15) is 4.79 Å². The molecule has 2 aromatic rings. The largest absolute Gasteiger partial charge is 0.493 e. The molecule has 0 aliphatic carbocycles. The Morgan fingerprint density at radius 1 is 1.03 bits per heavy atom. The average molecular weight is 433 g/mol. The first kappa shape index (κ1) is 24.0. The fourth-order valence-corrected chi connectivity index (χ4v) is 4.13. The predicted octanol–water partition coefficient (Wildman–Crippen LogP) is 4.51. The lowest BCUT2D eigenvalue weighted by atomic mass is 9.87. The number of carbonyl (C=O) groups is 1.